The fraction of sp³-hybridized carbons (Fsp3) is 0.571. The molecule has 1 aliphatic carbocycles. The Balaban J connectivity index is 2.06. The van der Waals surface area contributed by atoms with Gasteiger partial charge in [0.1, 0.15) is 0 Å². The molecule has 0 heterocycles. The SMILES string of the molecule is NNC(CC1CCCCC1)c1cc(Cl)cc(Cl)c1. The van der Waals surface area contributed by atoms with Gasteiger partial charge in [-0.25, -0.2) is 0 Å². The van der Waals surface area contributed by atoms with Crippen LogP contribution in [-0.2, 0) is 0 Å². The fourth-order valence-corrected chi connectivity index (χ4v) is 3.38. The maximum atomic E-state index is 6.04. The zero-order chi connectivity index (χ0) is 13.0. The maximum Gasteiger partial charge on any atom is 0.0463 e. The number of rotatable bonds is 4. The fourth-order valence-electron chi connectivity index (χ4n) is 2.83. The van der Waals surface area contributed by atoms with E-state index in [9.17, 15) is 0 Å². The van der Waals surface area contributed by atoms with E-state index in [2.05, 4.69) is 5.43 Å². The van der Waals surface area contributed by atoms with Crippen molar-refractivity contribution >= 4 is 23.2 Å². The quantitative estimate of drug-likeness (QED) is 0.633. The second-order valence-electron chi connectivity index (χ2n) is 5.16. The number of halogens is 2. The Hall–Kier alpha value is -0.280. The Morgan fingerprint density at radius 1 is 1.11 bits per heavy atom. The zero-order valence-electron chi connectivity index (χ0n) is 10.5. The van der Waals surface area contributed by atoms with Crippen LogP contribution in [0.4, 0.5) is 0 Å². The summed E-state index contributed by atoms with van der Waals surface area (Å²) in [6.07, 6.45) is 7.75. The van der Waals surface area contributed by atoms with Crippen LogP contribution in [0.3, 0.4) is 0 Å². The third-order valence-corrected chi connectivity index (χ3v) is 4.22. The average molecular weight is 287 g/mol. The minimum atomic E-state index is 0.143. The van der Waals surface area contributed by atoms with Crippen molar-refractivity contribution in [2.24, 2.45) is 11.8 Å². The van der Waals surface area contributed by atoms with E-state index < -0.39 is 0 Å². The highest BCUT2D eigenvalue weighted by atomic mass is 35.5. The zero-order valence-corrected chi connectivity index (χ0v) is 12.0. The standard InChI is InChI=1S/C14H20Cl2N2/c15-12-7-11(8-13(16)9-12)14(18-17)6-10-4-2-1-3-5-10/h7-10,14,18H,1-6,17H2. The van der Waals surface area contributed by atoms with Crippen LogP contribution in [0.2, 0.25) is 10.0 Å². The van der Waals surface area contributed by atoms with E-state index in [0.29, 0.717) is 10.0 Å². The third-order valence-electron chi connectivity index (χ3n) is 3.78. The third kappa shape index (κ3) is 3.86. The van der Waals surface area contributed by atoms with Gasteiger partial charge in [-0.05, 0) is 36.1 Å². The Morgan fingerprint density at radius 2 is 1.72 bits per heavy atom. The average Bonchev–Trinajstić information content (AvgIpc) is 2.36. The molecule has 0 spiro atoms. The van der Waals surface area contributed by atoms with Crippen molar-refractivity contribution in [3.63, 3.8) is 0 Å². The lowest BCUT2D eigenvalue weighted by Gasteiger charge is -2.26. The molecule has 18 heavy (non-hydrogen) atoms. The summed E-state index contributed by atoms with van der Waals surface area (Å²) in [5.41, 5.74) is 3.99. The molecular weight excluding hydrogens is 267 g/mol. The Bertz CT molecular complexity index is 369. The van der Waals surface area contributed by atoms with Gasteiger partial charge in [0.2, 0.25) is 0 Å². The molecule has 100 valence electrons. The highest BCUT2D eigenvalue weighted by molar-refractivity contribution is 6.34. The first-order chi connectivity index (χ1) is 8.69. The molecule has 3 N–H and O–H groups in total. The summed E-state index contributed by atoms with van der Waals surface area (Å²) in [5, 5.41) is 1.34. The highest BCUT2D eigenvalue weighted by Crippen LogP contribution is 2.33. The number of nitrogens with one attached hydrogen (secondary N) is 1. The molecule has 1 aromatic rings. The molecule has 1 fully saturated rings. The van der Waals surface area contributed by atoms with Gasteiger partial charge in [0.25, 0.3) is 0 Å². The second-order valence-corrected chi connectivity index (χ2v) is 6.03. The van der Waals surface area contributed by atoms with Gasteiger partial charge in [0, 0.05) is 16.1 Å². The van der Waals surface area contributed by atoms with E-state index in [1.807, 2.05) is 12.1 Å². The van der Waals surface area contributed by atoms with Gasteiger partial charge in [-0.3, -0.25) is 11.3 Å². The molecule has 1 atom stereocenters. The van der Waals surface area contributed by atoms with Crippen molar-refractivity contribution in [2.75, 3.05) is 0 Å². The topological polar surface area (TPSA) is 38.0 Å². The number of hydrogen-bond donors (Lipinski definition) is 2. The summed E-state index contributed by atoms with van der Waals surface area (Å²) in [6.45, 7) is 0. The molecule has 0 aliphatic heterocycles. The van der Waals surface area contributed by atoms with E-state index in [-0.39, 0.29) is 6.04 Å². The van der Waals surface area contributed by atoms with Crippen LogP contribution in [0.15, 0.2) is 18.2 Å². The smallest absolute Gasteiger partial charge is 0.0463 e. The van der Waals surface area contributed by atoms with Crippen LogP contribution in [0.5, 0.6) is 0 Å². The van der Waals surface area contributed by atoms with E-state index in [1.54, 1.807) is 6.07 Å². The van der Waals surface area contributed by atoms with E-state index in [0.717, 1.165) is 17.9 Å². The molecule has 0 radical (unpaired) electrons. The maximum absolute atomic E-state index is 6.04. The Labute approximate surface area is 119 Å². The molecular formula is C14H20Cl2N2. The molecule has 0 saturated heterocycles. The van der Waals surface area contributed by atoms with Crippen molar-refractivity contribution in [1.29, 1.82) is 0 Å². The normalized spacial score (nSPS) is 18.8. The first kappa shape index (κ1) is 14.1. The summed E-state index contributed by atoms with van der Waals surface area (Å²) in [7, 11) is 0. The van der Waals surface area contributed by atoms with Crippen LogP contribution >= 0.6 is 23.2 Å². The largest absolute Gasteiger partial charge is 0.271 e. The van der Waals surface area contributed by atoms with Crippen molar-refractivity contribution in [1.82, 2.24) is 5.43 Å². The van der Waals surface area contributed by atoms with Crippen LogP contribution in [0.25, 0.3) is 0 Å². The van der Waals surface area contributed by atoms with E-state index in [1.165, 1.54) is 32.1 Å². The first-order valence-corrected chi connectivity index (χ1v) is 7.36. The van der Waals surface area contributed by atoms with Crippen LogP contribution in [-0.4, -0.2) is 0 Å². The van der Waals surface area contributed by atoms with E-state index >= 15 is 0 Å². The Kier molecular flexibility index (Phi) is 5.31. The molecule has 1 unspecified atom stereocenters. The second kappa shape index (κ2) is 6.76. The van der Waals surface area contributed by atoms with Gasteiger partial charge in [-0.1, -0.05) is 55.3 Å². The Morgan fingerprint density at radius 3 is 2.28 bits per heavy atom. The first-order valence-electron chi connectivity index (χ1n) is 6.61. The molecule has 2 rings (SSSR count). The molecule has 4 heteroatoms. The molecule has 0 amide bonds. The molecule has 1 saturated carbocycles. The van der Waals surface area contributed by atoms with E-state index in [4.69, 9.17) is 29.0 Å². The summed E-state index contributed by atoms with van der Waals surface area (Å²) < 4.78 is 0. The molecule has 1 aromatic carbocycles. The molecule has 0 bridgehead atoms. The van der Waals surface area contributed by atoms with Crippen LogP contribution in [0, 0.1) is 5.92 Å². The summed E-state index contributed by atoms with van der Waals surface area (Å²) in [6, 6.07) is 5.78. The molecule has 2 nitrogen and oxygen atoms in total. The number of nitrogens with two attached hydrogens (primary N) is 1. The lowest BCUT2D eigenvalue weighted by atomic mass is 9.83. The van der Waals surface area contributed by atoms with Gasteiger partial charge < -0.3 is 0 Å². The van der Waals surface area contributed by atoms with Gasteiger partial charge in [-0.2, -0.15) is 0 Å². The summed E-state index contributed by atoms with van der Waals surface area (Å²) in [5.74, 6) is 6.45. The van der Waals surface area contributed by atoms with Crippen molar-refractivity contribution in [3.05, 3.63) is 33.8 Å². The van der Waals surface area contributed by atoms with Crippen LogP contribution < -0.4 is 11.3 Å². The predicted octanol–water partition coefficient (Wildman–Crippen LogP) is 4.47. The van der Waals surface area contributed by atoms with Gasteiger partial charge in [0.05, 0.1) is 0 Å². The lowest BCUT2D eigenvalue weighted by molar-refractivity contribution is 0.301. The van der Waals surface area contributed by atoms with Crippen LogP contribution in [0.1, 0.15) is 50.1 Å². The van der Waals surface area contributed by atoms with Gasteiger partial charge in [-0.15, -0.1) is 0 Å². The minimum Gasteiger partial charge on any atom is -0.271 e. The molecule has 1 aliphatic rings. The minimum absolute atomic E-state index is 0.143. The van der Waals surface area contributed by atoms with Crippen molar-refractivity contribution in [2.45, 2.75) is 44.6 Å². The number of benzene rings is 1. The highest BCUT2D eigenvalue weighted by Gasteiger charge is 2.20. The molecule has 0 aromatic heterocycles. The van der Waals surface area contributed by atoms with Gasteiger partial charge in [0.15, 0.2) is 0 Å². The van der Waals surface area contributed by atoms with Crippen molar-refractivity contribution in [3.8, 4) is 0 Å². The number of hydrogen-bond acceptors (Lipinski definition) is 2. The summed E-state index contributed by atoms with van der Waals surface area (Å²) in [4.78, 5) is 0. The number of hydrazine groups is 1. The lowest BCUT2D eigenvalue weighted by Crippen LogP contribution is -2.30. The van der Waals surface area contributed by atoms with Gasteiger partial charge >= 0.3 is 0 Å². The summed E-state index contributed by atoms with van der Waals surface area (Å²) >= 11 is 12.1. The monoisotopic (exact) mass is 286 g/mol. The predicted molar refractivity (Wildman–Crippen MR) is 77.7 cm³/mol. The van der Waals surface area contributed by atoms with Crippen molar-refractivity contribution < 1.29 is 0 Å².